The summed E-state index contributed by atoms with van der Waals surface area (Å²) in [6.45, 7) is 2.97. The van der Waals surface area contributed by atoms with Gasteiger partial charge in [0.05, 0.1) is 5.56 Å². The van der Waals surface area contributed by atoms with Gasteiger partial charge in [0.1, 0.15) is 5.75 Å². The summed E-state index contributed by atoms with van der Waals surface area (Å²) in [5.74, 6) is 0.340. The zero-order valence-corrected chi connectivity index (χ0v) is 15.4. The Morgan fingerprint density at radius 2 is 1.48 bits per heavy atom. The molecule has 0 radical (unpaired) electrons. The summed E-state index contributed by atoms with van der Waals surface area (Å²) in [6, 6.07) is 11.2. The van der Waals surface area contributed by atoms with Crippen LogP contribution < -0.4 is 0 Å². The van der Waals surface area contributed by atoms with Crippen LogP contribution in [0.25, 0.3) is 0 Å². The Kier molecular flexibility index (Phi) is 6.42. The Bertz CT molecular complexity index is 734. The van der Waals surface area contributed by atoms with E-state index < -0.39 is 11.7 Å². The van der Waals surface area contributed by atoms with Crippen LogP contribution in [0.2, 0.25) is 0 Å². The Labute approximate surface area is 158 Å². The number of hydrogen-bond acceptors (Lipinski definition) is 2. The van der Waals surface area contributed by atoms with E-state index in [-0.39, 0.29) is 0 Å². The number of likely N-dealkylation sites (tertiary alicyclic amines) is 1. The number of alkyl halides is 3. The van der Waals surface area contributed by atoms with Crippen LogP contribution in [0.1, 0.15) is 47.9 Å². The third-order valence-corrected chi connectivity index (χ3v) is 5.20. The van der Waals surface area contributed by atoms with Gasteiger partial charge in [0, 0.05) is 12.1 Å². The molecular formula is C22H26F3NO. The highest BCUT2D eigenvalue weighted by molar-refractivity contribution is 5.36. The molecule has 1 fully saturated rings. The van der Waals surface area contributed by atoms with E-state index >= 15 is 0 Å². The van der Waals surface area contributed by atoms with Crippen LogP contribution in [0.3, 0.4) is 0 Å². The number of halogens is 3. The number of nitrogens with zero attached hydrogens (tertiary/aromatic N) is 1. The molecule has 0 atom stereocenters. The molecule has 0 aliphatic carbocycles. The lowest BCUT2D eigenvalue weighted by Gasteiger charge is -2.26. The lowest BCUT2D eigenvalue weighted by atomic mass is 10.0. The quantitative estimate of drug-likeness (QED) is 0.711. The van der Waals surface area contributed by atoms with Crippen molar-refractivity contribution in [2.24, 2.45) is 0 Å². The van der Waals surface area contributed by atoms with E-state index in [4.69, 9.17) is 0 Å². The van der Waals surface area contributed by atoms with Gasteiger partial charge in [-0.2, -0.15) is 13.2 Å². The van der Waals surface area contributed by atoms with Crippen LogP contribution in [-0.2, 0) is 25.6 Å². The van der Waals surface area contributed by atoms with Gasteiger partial charge in [-0.05, 0) is 74.5 Å². The van der Waals surface area contributed by atoms with Crippen molar-refractivity contribution in [2.75, 3.05) is 13.1 Å². The van der Waals surface area contributed by atoms with Crippen LogP contribution in [0, 0.1) is 0 Å². The molecular weight excluding hydrogens is 351 g/mol. The van der Waals surface area contributed by atoms with Crippen molar-refractivity contribution >= 4 is 0 Å². The van der Waals surface area contributed by atoms with E-state index in [1.165, 1.54) is 19.3 Å². The standard InChI is InChI=1S/C22H26F3NO/c23-22(24,25)20-11-8-17(9-12-20)5-4-6-18-7-10-19(21(27)15-18)16-26-13-2-1-3-14-26/h7-12,15,27H,1-6,13-14,16H2. The summed E-state index contributed by atoms with van der Waals surface area (Å²) in [5.41, 5.74) is 2.31. The topological polar surface area (TPSA) is 23.5 Å². The summed E-state index contributed by atoms with van der Waals surface area (Å²) in [6.07, 6.45) is 1.79. The van der Waals surface area contributed by atoms with E-state index in [1.807, 2.05) is 18.2 Å². The van der Waals surface area contributed by atoms with Crippen molar-refractivity contribution in [3.63, 3.8) is 0 Å². The predicted octanol–water partition coefficient (Wildman–Crippen LogP) is 5.57. The van der Waals surface area contributed by atoms with E-state index in [9.17, 15) is 18.3 Å². The second-order valence-corrected chi connectivity index (χ2v) is 7.35. The molecule has 146 valence electrons. The van der Waals surface area contributed by atoms with Crippen LogP contribution in [0.4, 0.5) is 13.2 Å². The summed E-state index contributed by atoms with van der Waals surface area (Å²) >= 11 is 0. The summed E-state index contributed by atoms with van der Waals surface area (Å²) < 4.78 is 37.8. The molecule has 0 bridgehead atoms. The van der Waals surface area contributed by atoms with Gasteiger partial charge in [-0.25, -0.2) is 0 Å². The number of benzene rings is 2. The fourth-order valence-corrected chi connectivity index (χ4v) is 3.61. The Morgan fingerprint density at radius 3 is 2.11 bits per heavy atom. The molecule has 1 heterocycles. The van der Waals surface area contributed by atoms with Crippen molar-refractivity contribution in [2.45, 2.75) is 51.2 Å². The molecule has 2 nitrogen and oxygen atoms in total. The fraction of sp³-hybridized carbons (Fsp3) is 0.455. The molecule has 0 unspecified atom stereocenters. The summed E-state index contributed by atoms with van der Waals surface area (Å²) in [5, 5.41) is 10.3. The maximum atomic E-state index is 12.6. The Hall–Kier alpha value is -2.01. The minimum absolute atomic E-state index is 0.340. The summed E-state index contributed by atoms with van der Waals surface area (Å²) in [4.78, 5) is 2.38. The highest BCUT2D eigenvalue weighted by Crippen LogP contribution is 2.29. The normalized spacial score (nSPS) is 15.8. The molecule has 0 saturated carbocycles. The van der Waals surface area contributed by atoms with Gasteiger partial charge in [0.2, 0.25) is 0 Å². The van der Waals surface area contributed by atoms with Gasteiger partial charge in [0.25, 0.3) is 0 Å². The van der Waals surface area contributed by atoms with Crippen LogP contribution in [0.5, 0.6) is 5.75 Å². The van der Waals surface area contributed by atoms with Gasteiger partial charge in [-0.15, -0.1) is 0 Å². The minimum Gasteiger partial charge on any atom is -0.508 e. The summed E-state index contributed by atoms with van der Waals surface area (Å²) in [7, 11) is 0. The first-order chi connectivity index (χ1) is 12.9. The second kappa shape index (κ2) is 8.79. The number of phenols is 1. The van der Waals surface area contributed by atoms with Crippen molar-refractivity contribution in [1.29, 1.82) is 0 Å². The molecule has 2 aromatic carbocycles. The van der Waals surface area contributed by atoms with E-state index in [0.29, 0.717) is 12.2 Å². The minimum atomic E-state index is -4.29. The van der Waals surface area contributed by atoms with E-state index in [2.05, 4.69) is 4.90 Å². The molecule has 0 amide bonds. The van der Waals surface area contributed by atoms with Gasteiger partial charge < -0.3 is 5.11 Å². The first-order valence-corrected chi connectivity index (χ1v) is 9.61. The molecule has 5 heteroatoms. The van der Waals surface area contributed by atoms with Gasteiger partial charge in [-0.1, -0.05) is 30.7 Å². The molecule has 0 aromatic heterocycles. The third kappa shape index (κ3) is 5.73. The SMILES string of the molecule is Oc1cc(CCCc2ccc(C(F)(F)F)cc2)ccc1CN1CCCCC1. The molecule has 1 saturated heterocycles. The molecule has 1 N–H and O–H groups in total. The average molecular weight is 377 g/mol. The predicted molar refractivity (Wildman–Crippen MR) is 101 cm³/mol. The highest BCUT2D eigenvalue weighted by Gasteiger charge is 2.29. The van der Waals surface area contributed by atoms with E-state index in [0.717, 1.165) is 61.3 Å². The molecule has 27 heavy (non-hydrogen) atoms. The monoisotopic (exact) mass is 377 g/mol. The molecule has 0 spiro atoms. The number of hydrogen-bond donors (Lipinski definition) is 1. The van der Waals surface area contributed by atoms with Crippen LogP contribution in [-0.4, -0.2) is 23.1 Å². The van der Waals surface area contributed by atoms with Gasteiger partial charge in [0.15, 0.2) is 0 Å². The van der Waals surface area contributed by atoms with Gasteiger partial charge >= 0.3 is 6.18 Å². The molecule has 3 rings (SSSR count). The fourth-order valence-electron chi connectivity index (χ4n) is 3.61. The number of rotatable bonds is 6. The number of aromatic hydroxyl groups is 1. The first kappa shape index (κ1) is 19.7. The lowest BCUT2D eigenvalue weighted by molar-refractivity contribution is -0.137. The number of piperidine rings is 1. The van der Waals surface area contributed by atoms with Crippen molar-refractivity contribution in [3.05, 3.63) is 64.7 Å². The number of phenolic OH excluding ortho intramolecular Hbond substituents is 1. The second-order valence-electron chi connectivity index (χ2n) is 7.35. The zero-order chi connectivity index (χ0) is 19.3. The largest absolute Gasteiger partial charge is 0.508 e. The average Bonchev–Trinajstić information content (AvgIpc) is 2.64. The first-order valence-electron chi connectivity index (χ1n) is 9.61. The number of aryl methyl sites for hydroxylation is 2. The maximum absolute atomic E-state index is 12.6. The molecule has 1 aliphatic heterocycles. The molecule has 2 aromatic rings. The van der Waals surface area contributed by atoms with Crippen LogP contribution in [0.15, 0.2) is 42.5 Å². The Balaban J connectivity index is 1.50. The van der Waals surface area contributed by atoms with Crippen molar-refractivity contribution < 1.29 is 18.3 Å². The smallest absolute Gasteiger partial charge is 0.416 e. The van der Waals surface area contributed by atoms with E-state index in [1.54, 1.807) is 12.1 Å². The van der Waals surface area contributed by atoms with Crippen molar-refractivity contribution in [3.8, 4) is 5.75 Å². The maximum Gasteiger partial charge on any atom is 0.416 e. The lowest BCUT2D eigenvalue weighted by Crippen LogP contribution is -2.29. The van der Waals surface area contributed by atoms with Crippen molar-refractivity contribution in [1.82, 2.24) is 4.90 Å². The third-order valence-electron chi connectivity index (χ3n) is 5.20. The Morgan fingerprint density at radius 1 is 0.852 bits per heavy atom. The van der Waals surface area contributed by atoms with Crippen LogP contribution >= 0.6 is 0 Å². The van der Waals surface area contributed by atoms with Gasteiger partial charge in [-0.3, -0.25) is 4.90 Å². The molecule has 1 aliphatic rings. The highest BCUT2D eigenvalue weighted by atomic mass is 19.4. The zero-order valence-electron chi connectivity index (χ0n) is 15.4.